The van der Waals surface area contributed by atoms with E-state index >= 15 is 0 Å². The van der Waals surface area contributed by atoms with E-state index in [1.54, 1.807) is 0 Å². The molecule has 0 N–H and O–H groups in total. The van der Waals surface area contributed by atoms with E-state index in [9.17, 15) is 30.7 Å². The number of alkyl halides is 7. The van der Waals surface area contributed by atoms with Crippen LogP contribution in [-0.4, -0.2) is 18.0 Å². The predicted molar refractivity (Wildman–Crippen MR) is 49.2 cm³/mol. The van der Waals surface area contributed by atoms with Crippen LogP contribution in [0.5, 0.6) is 0 Å². The van der Waals surface area contributed by atoms with Crippen LogP contribution in [0.15, 0.2) is 12.7 Å². The van der Waals surface area contributed by atoms with Gasteiger partial charge in [0.25, 0.3) is 5.67 Å². The number of hydrogen-bond donors (Lipinski definition) is 0. The van der Waals surface area contributed by atoms with Crippen LogP contribution in [0.1, 0.15) is 26.2 Å². The van der Waals surface area contributed by atoms with E-state index in [0.29, 0.717) is 0 Å². The van der Waals surface area contributed by atoms with E-state index in [1.807, 2.05) is 0 Å². The second-order valence-electron chi connectivity index (χ2n) is 3.97. The first-order valence-electron chi connectivity index (χ1n) is 4.89. The molecule has 0 aliphatic rings. The molecule has 1 atom stereocenters. The van der Waals surface area contributed by atoms with Crippen molar-refractivity contribution in [3.63, 3.8) is 0 Å². The maximum absolute atomic E-state index is 13.2. The van der Waals surface area contributed by atoms with Gasteiger partial charge >= 0.3 is 12.4 Å². The van der Waals surface area contributed by atoms with Crippen molar-refractivity contribution in [2.24, 2.45) is 5.92 Å². The second-order valence-corrected chi connectivity index (χ2v) is 3.97. The highest BCUT2D eigenvalue weighted by Crippen LogP contribution is 2.50. The number of rotatable bonds is 5. The lowest BCUT2D eigenvalue weighted by Gasteiger charge is -2.32. The van der Waals surface area contributed by atoms with Gasteiger partial charge in [-0.1, -0.05) is 13.0 Å². The van der Waals surface area contributed by atoms with E-state index in [-0.39, 0.29) is 12.8 Å². The molecule has 0 aliphatic heterocycles. The largest absolute Gasteiger partial charge is 0.431 e. The Morgan fingerprint density at radius 2 is 1.41 bits per heavy atom. The molecule has 0 aromatic heterocycles. The standard InChI is InChI=1S/C10H13F7/c1-3-4-5-7(2)6-8(11,9(12,13)14)10(15,16)17/h3,7H,1,4-6H2,2H3. The summed E-state index contributed by atoms with van der Waals surface area (Å²) >= 11 is 0. The van der Waals surface area contributed by atoms with Crippen LogP contribution in [-0.2, 0) is 0 Å². The molecular formula is C10H13F7. The van der Waals surface area contributed by atoms with Crippen LogP contribution >= 0.6 is 0 Å². The summed E-state index contributed by atoms with van der Waals surface area (Å²) < 4.78 is 86.2. The summed E-state index contributed by atoms with van der Waals surface area (Å²) in [5.74, 6) is -1.04. The molecule has 0 aromatic rings. The molecule has 7 heteroatoms. The van der Waals surface area contributed by atoms with Crippen molar-refractivity contribution in [2.45, 2.75) is 44.2 Å². The van der Waals surface area contributed by atoms with E-state index in [4.69, 9.17) is 0 Å². The highest BCUT2D eigenvalue weighted by atomic mass is 19.4. The summed E-state index contributed by atoms with van der Waals surface area (Å²) in [5.41, 5.74) is -5.14. The summed E-state index contributed by atoms with van der Waals surface area (Å²) in [7, 11) is 0. The molecule has 0 nitrogen and oxygen atoms in total. The van der Waals surface area contributed by atoms with Crippen molar-refractivity contribution < 1.29 is 30.7 Å². The van der Waals surface area contributed by atoms with Gasteiger partial charge in [-0.3, -0.25) is 0 Å². The smallest absolute Gasteiger partial charge is 0.224 e. The topological polar surface area (TPSA) is 0 Å². The van der Waals surface area contributed by atoms with Gasteiger partial charge in [0.1, 0.15) is 0 Å². The van der Waals surface area contributed by atoms with Crippen molar-refractivity contribution in [1.82, 2.24) is 0 Å². The molecule has 0 saturated carbocycles. The van der Waals surface area contributed by atoms with Gasteiger partial charge in [0.05, 0.1) is 0 Å². The summed E-state index contributed by atoms with van der Waals surface area (Å²) in [4.78, 5) is 0. The van der Waals surface area contributed by atoms with Crippen molar-refractivity contribution in [1.29, 1.82) is 0 Å². The minimum absolute atomic E-state index is 0.0291. The van der Waals surface area contributed by atoms with Crippen molar-refractivity contribution >= 4 is 0 Å². The Hall–Kier alpha value is -0.750. The first kappa shape index (κ1) is 16.2. The van der Waals surface area contributed by atoms with Gasteiger partial charge in [0.15, 0.2) is 0 Å². The number of halogens is 7. The van der Waals surface area contributed by atoms with Crippen molar-refractivity contribution in [3.8, 4) is 0 Å². The minimum Gasteiger partial charge on any atom is -0.224 e. The molecule has 0 aromatic carbocycles. The third-order valence-electron chi connectivity index (χ3n) is 2.39. The number of hydrogen-bond acceptors (Lipinski definition) is 0. The normalized spacial score (nSPS) is 15.8. The Balaban J connectivity index is 4.92. The quantitative estimate of drug-likeness (QED) is 0.494. The molecule has 1 unspecified atom stereocenters. The highest BCUT2D eigenvalue weighted by molar-refractivity contribution is 4.95. The Morgan fingerprint density at radius 3 is 1.71 bits per heavy atom. The molecule has 102 valence electrons. The molecule has 17 heavy (non-hydrogen) atoms. The summed E-state index contributed by atoms with van der Waals surface area (Å²) in [6.07, 6.45) is -11.9. The van der Waals surface area contributed by atoms with Gasteiger partial charge in [-0.15, -0.1) is 6.58 Å². The summed E-state index contributed by atoms with van der Waals surface area (Å²) in [6, 6.07) is 0. The highest BCUT2D eigenvalue weighted by Gasteiger charge is 2.72. The number of allylic oxidation sites excluding steroid dienone is 1. The summed E-state index contributed by atoms with van der Waals surface area (Å²) in [6.45, 7) is 4.44. The van der Waals surface area contributed by atoms with Crippen LogP contribution < -0.4 is 0 Å². The zero-order valence-electron chi connectivity index (χ0n) is 9.13. The van der Waals surface area contributed by atoms with E-state index in [1.165, 1.54) is 6.08 Å². The molecule has 0 bridgehead atoms. The van der Waals surface area contributed by atoms with Gasteiger partial charge in [-0.25, -0.2) is 4.39 Å². The second kappa shape index (κ2) is 5.27. The SMILES string of the molecule is C=CCCC(C)CC(F)(C(F)(F)F)C(F)(F)F. The average molecular weight is 266 g/mol. The molecule has 0 rings (SSSR count). The lowest BCUT2D eigenvalue weighted by Crippen LogP contribution is -2.54. The van der Waals surface area contributed by atoms with Gasteiger partial charge in [-0.05, 0) is 18.8 Å². The van der Waals surface area contributed by atoms with Gasteiger partial charge in [0, 0.05) is 6.42 Å². The first-order chi connectivity index (χ1) is 7.45. The zero-order valence-corrected chi connectivity index (χ0v) is 9.13. The minimum atomic E-state index is -5.95. The van der Waals surface area contributed by atoms with E-state index < -0.39 is 30.4 Å². The summed E-state index contributed by atoms with van der Waals surface area (Å²) in [5, 5.41) is 0. The monoisotopic (exact) mass is 266 g/mol. The van der Waals surface area contributed by atoms with Gasteiger partial charge in [-0.2, -0.15) is 26.3 Å². The van der Waals surface area contributed by atoms with Crippen LogP contribution in [0.4, 0.5) is 30.7 Å². The molecule has 0 radical (unpaired) electrons. The molecule has 0 aliphatic carbocycles. The Kier molecular flexibility index (Phi) is 5.03. The maximum Gasteiger partial charge on any atom is 0.431 e. The molecule has 0 heterocycles. The van der Waals surface area contributed by atoms with Crippen LogP contribution in [0.3, 0.4) is 0 Å². The third kappa shape index (κ3) is 3.89. The molecular weight excluding hydrogens is 253 g/mol. The van der Waals surface area contributed by atoms with Crippen LogP contribution in [0.25, 0.3) is 0 Å². The lowest BCUT2D eigenvalue weighted by atomic mass is 9.89. The maximum atomic E-state index is 13.2. The average Bonchev–Trinajstić information content (AvgIpc) is 2.10. The Bertz CT molecular complexity index is 236. The predicted octanol–water partition coefficient (Wildman–Crippen LogP) is 4.81. The fraction of sp³-hybridized carbons (Fsp3) is 0.800. The molecule has 0 saturated heterocycles. The molecule has 0 fully saturated rings. The van der Waals surface area contributed by atoms with Gasteiger partial charge < -0.3 is 0 Å². The zero-order chi connectivity index (χ0) is 13.9. The van der Waals surface area contributed by atoms with Crippen molar-refractivity contribution in [3.05, 3.63) is 12.7 Å². The lowest BCUT2D eigenvalue weighted by molar-refractivity contribution is -0.345. The molecule has 0 amide bonds. The van der Waals surface area contributed by atoms with Crippen LogP contribution in [0.2, 0.25) is 0 Å². The fourth-order valence-electron chi connectivity index (χ4n) is 1.38. The van der Waals surface area contributed by atoms with Crippen LogP contribution in [0, 0.1) is 5.92 Å². The Labute approximate surface area is 94.5 Å². The Morgan fingerprint density at radius 1 is 1.00 bits per heavy atom. The van der Waals surface area contributed by atoms with E-state index in [0.717, 1.165) is 6.92 Å². The van der Waals surface area contributed by atoms with E-state index in [2.05, 4.69) is 6.58 Å². The third-order valence-corrected chi connectivity index (χ3v) is 2.39. The molecule has 0 spiro atoms. The first-order valence-corrected chi connectivity index (χ1v) is 4.89. The van der Waals surface area contributed by atoms with Gasteiger partial charge in [0.2, 0.25) is 0 Å². The van der Waals surface area contributed by atoms with Crippen molar-refractivity contribution in [2.75, 3.05) is 0 Å². The fourth-order valence-corrected chi connectivity index (χ4v) is 1.38.